The van der Waals surface area contributed by atoms with Crippen LogP contribution in [0.1, 0.15) is 11.1 Å². The zero-order valence-electron chi connectivity index (χ0n) is 19.6. The molecular formula is C26H25ClN4O4S2. The number of hydrogen-bond acceptors (Lipinski definition) is 6. The molecule has 192 valence electrons. The second-order valence-corrected chi connectivity index (χ2v) is 12.1. The number of benzene rings is 4. The van der Waals surface area contributed by atoms with Gasteiger partial charge in [0.1, 0.15) is 0 Å². The number of rotatable bonds is 10. The topological polar surface area (TPSA) is 130 Å². The smallest absolute Gasteiger partial charge is 0.241 e. The first-order valence-electron chi connectivity index (χ1n) is 11.2. The maximum atomic E-state index is 12.8. The number of hydrogen-bond donors (Lipinski definition) is 4. The van der Waals surface area contributed by atoms with Crippen LogP contribution >= 0.6 is 11.6 Å². The van der Waals surface area contributed by atoms with Crippen LogP contribution in [0, 0.1) is 0 Å². The van der Waals surface area contributed by atoms with E-state index in [0.717, 1.165) is 5.56 Å². The zero-order chi connectivity index (χ0) is 26.5. The summed E-state index contributed by atoms with van der Waals surface area (Å²) in [6.45, 7) is 0.196. The van der Waals surface area contributed by atoms with E-state index in [1.165, 1.54) is 24.3 Å². The van der Waals surface area contributed by atoms with Gasteiger partial charge in [-0.3, -0.25) is 0 Å². The second-order valence-electron chi connectivity index (χ2n) is 8.17. The molecule has 0 unspecified atom stereocenters. The quantitative estimate of drug-likeness (QED) is 0.211. The average Bonchev–Trinajstić information content (AvgIpc) is 2.88. The summed E-state index contributed by atoms with van der Waals surface area (Å²) < 4.78 is 56.1. The van der Waals surface area contributed by atoms with Crippen molar-refractivity contribution in [3.63, 3.8) is 0 Å². The van der Waals surface area contributed by atoms with E-state index in [1.54, 1.807) is 42.5 Å². The molecule has 4 rings (SSSR count). The van der Waals surface area contributed by atoms with Crippen molar-refractivity contribution in [2.45, 2.75) is 22.9 Å². The summed E-state index contributed by atoms with van der Waals surface area (Å²) >= 11 is 6.10. The van der Waals surface area contributed by atoms with Crippen molar-refractivity contribution in [2.24, 2.45) is 0 Å². The van der Waals surface area contributed by atoms with Gasteiger partial charge in [-0.25, -0.2) is 26.3 Å². The number of sulfonamides is 2. The molecule has 0 heterocycles. The molecule has 8 nitrogen and oxygen atoms in total. The third kappa shape index (κ3) is 7.09. The van der Waals surface area contributed by atoms with Crippen LogP contribution in [-0.4, -0.2) is 16.8 Å². The Hall–Kier alpha value is -3.41. The van der Waals surface area contributed by atoms with Crippen LogP contribution in [0.2, 0.25) is 5.02 Å². The van der Waals surface area contributed by atoms with Crippen molar-refractivity contribution in [3.05, 3.63) is 113 Å². The van der Waals surface area contributed by atoms with Crippen LogP contribution in [0.15, 0.2) is 107 Å². The first-order valence-corrected chi connectivity index (χ1v) is 14.5. The van der Waals surface area contributed by atoms with Crippen molar-refractivity contribution in [3.8, 4) is 0 Å². The lowest BCUT2D eigenvalue weighted by atomic mass is 10.2. The molecule has 0 saturated heterocycles. The number of nitrogens with two attached hydrogens (primary N) is 1. The summed E-state index contributed by atoms with van der Waals surface area (Å²) in [5, 5.41) is 3.55. The highest BCUT2D eigenvalue weighted by atomic mass is 35.5. The minimum Gasteiger partial charge on any atom is -0.399 e. The molecular weight excluding hydrogens is 532 g/mol. The molecule has 0 fully saturated rings. The van der Waals surface area contributed by atoms with Crippen molar-refractivity contribution in [1.29, 1.82) is 0 Å². The zero-order valence-corrected chi connectivity index (χ0v) is 21.9. The molecule has 37 heavy (non-hydrogen) atoms. The van der Waals surface area contributed by atoms with Crippen LogP contribution in [0.3, 0.4) is 0 Å². The fourth-order valence-corrected chi connectivity index (χ4v) is 5.79. The summed E-state index contributed by atoms with van der Waals surface area (Å²) in [5.41, 5.74) is 8.70. The molecule has 0 spiro atoms. The van der Waals surface area contributed by atoms with Gasteiger partial charge in [-0.2, -0.15) is 0 Å². The summed E-state index contributed by atoms with van der Waals surface area (Å²) in [4.78, 5) is 0.0833. The summed E-state index contributed by atoms with van der Waals surface area (Å²) in [7, 11) is -7.59. The van der Waals surface area contributed by atoms with Crippen molar-refractivity contribution < 1.29 is 16.8 Å². The molecule has 0 aliphatic rings. The standard InChI is InChI=1S/C26H25ClN4O4S2/c27-26-9-5-4-8-20(26)18-30-36(32,33)24-12-10-22(11-13-24)31-23-14-21(28)15-25(16-23)37(34,35)29-17-19-6-2-1-3-7-19/h1-16,29-31H,17-18,28H2. The molecule has 0 aliphatic carbocycles. The van der Waals surface area contributed by atoms with E-state index in [0.29, 0.717) is 22.0 Å². The van der Waals surface area contributed by atoms with Crippen molar-refractivity contribution >= 4 is 48.7 Å². The predicted octanol–water partition coefficient (Wildman–Crippen LogP) is 4.62. The van der Waals surface area contributed by atoms with E-state index in [-0.39, 0.29) is 28.6 Å². The Morgan fingerprint density at radius 1 is 0.649 bits per heavy atom. The van der Waals surface area contributed by atoms with Gasteiger partial charge in [0.25, 0.3) is 0 Å². The molecule has 11 heteroatoms. The lowest BCUT2D eigenvalue weighted by Crippen LogP contribution is -2.23. The van der Waals surface area contributed by atoms with Crippen molar-refractivity contribution in [1.82, 2.24) is 9.44 Å². The minimum atomic E-state index is -3.82. The van der Waals surface area contributed by atoms with Gasteiger partial charge in [-0.05, 0) is 59.7 Å². The Kier molecular flexibility index (Phi) is 8.16. The lowest BCUT2D eigenvalue weighted by molar-refractivity contribution is 0.579. The SMILES string of the molecule is Nc1cc(Nc2ccc(S(=O)(=O)NCc3ccccc3Cl)cc2)cc(S(=O)(=O)NCc2ccccc2)c1. The highest BCUT2D eigenvalue weighted by molar-refractivity contribution is 7.89. The van der Waals surface area contributed by atoms with E-state index in [9.17, 15) is 16.8 Å². The Morgan fingerprint density at radius 2 is 1.27 bits per heavy atom. The second kappa shape index (κ2) is 11.3. The number of anilines is 3. The molecule has 4 aromatic rings. The molecule has 4 aromatic carbocycles. The first-order chi connectivity index (χ1) is 17.6. The Bertz CT molecular complexity index is 1600. The molecule has 0 amide bonds. The van der Waals surface area contributed by atoms with Crippen LogP contribution in [0.5, 0.6) is 0 Å². The van der Waals surface area contributed by atoms with Gasteiger partial charge < -0.3 is 11.1 Å². The van der Waals surface area contributed by atoms with E-state index in [2.05, 4.69) is 14.8 Å². The average molecular weight is 557 g/mol. The third-order valence-corrected chi connectivity index (χ3v) is 8.58. The van der Waals surface area contributed by atoms with Crippen LogP contribution < -0.4 is 20.5 Å². The highest BCUT2D eigenvalue weighted by Crippen LogP contribution is 2.25. The highest BCUT2D eigenvalue weighted by Gasteiger charge is 2.17. The predicted molar refractivity (Wildman–Crippen MR) is 147 cm³/mol. The molecule has 0 aliphatic heterocycles. The fraction of sp³-hybridized carbons (Fsp3) is 0.0769. The van der Waals surface area contributed by atoms with Crippen LogP contribution in [-0.2, 0) is 33.1 Å². The molecule has 5 N–H and O–H groups in total. The number of halogens is 1. The molecule has 0 atom stereocenters. The van der Waals surface area contributed by atoms with E-state index in [1.807, 2.05) is 30.3 Å². The largest absolute Gasteiger partial charge is 0.399 e. The first kappa shape index (κ1) is 26.6. The summed E-state index contributed by atoms with van der Waals surface area (Å²) in [5.74, 6) is 0. The maximum Gasteiger partial charge on any atom is 0.241 e. The fourth-order valence-electron chi connectivity index (χ4n) is 3.49. The molecule has 0 radical (unpaired) electrons. The van der Waals surface area contributed by atoms with Crippen LogP contribution in [0.25, 0.3) is 0 Å². The van der Waals surface area contributed by atoms with Gasteiger partial charge in [0.15, 0.2) is 0 Å². The summed E-state index contributed by atoms with van der Waals surface area (Å²) in [6.07, 6.45) is 0. The lowest BCUT2D eigenvalue weighted by Gasteiger charge is -2.12. The number of nitrogens with one attached hydrogen (secondary N) is 3. The summed E-state index contributed by atoms with van der Waals surface area (Å²) in [6, 6.07) is 26.6. The Balaban J connectivity index is 1.45. The Morgan fingerprint density at radius 3 is 1.97 bits per heavy atom. The van der Waals surface area contributed by atoms with Gasteiger partial charge in [0.2, 0.25) is 20.0 Å². The Labute approximate surface area is 221 Å². The normalized spacial score (nSPS) is 11.8. The third-order valence-electron chi connectivity index (χ3n) is 5.41. The van der Waals surface area contributed by atoms with E-state index in [4.69, 9.17) is 17.3 Å². The van der Waals surface area contributed by atoms with Gasteiger partial charge in [-0.15, -0.1) is 0 Å². The maximum absolute atomic E-state index is 12.8. The molecule has 0 aromatic heterocycles. The van der Waals surface area contributed by atoms with Gasteiger partial charge in [0.05, 0.1) is 9.79 Å². The monoisotopic (exact) mass is 556 g/mol. The number of nitrogen functional groups attached to an aromatic ring is 1. The van der Waals surface area contributed by atoms with Gasteiger partial charge >= 0.3 is 0 Å². The van der Waals surface area contributed by atoms with E-state index < -0.39 is 20.0 Å². The van der Waals surface area contributed by atoms with E-state index >= 15 is 0 Å². The van der Waals surface area contributed by atoms with Gasteiger partial charge in [-0.1, -0.05) is 60.1 Å². The van der Waals surface area contributed by atoms with Crippen molar-refractivity contribution in [2.75, 3.05) is 11.1 Å². The minimum absolute atomic E-state index is 0.00824. The molecule has 0 bridgehead atoms. The van der Waals surface area contributed by atoms with Gasteiger partial charge in [0, 0.05) is 35.2 Å². The molecule has 0 saturated carbocycles. The van der Waals surface area contributed by atoms with Crippen LogP contribution in [0.4, 0.5) is 17.1 Å².